The van der Waals surface area contributed by atoms with E-state index in [1.165, 1.54) is 19.2 Å². The molecule has 1 aliphatic heterocycles. The molecule has 0 saturated carbocycles. The Labute approximate surface area is 141 Å². The highest BCUT2D eigenvalue weighted by atomic mass is 19.1. The molecule has 2 heterocycles. The van der Waals surface area contributed by atoms with Crippen LogP contribution in [0.3, 0.4) is 0 Å². The number of carbonyl (C=O) groups is 1. The van der Waals surface area contributed by atoms with E-state index in [2.05, 4.69) is 0 Å². The summed E-state index contributed by atoms with van der Waals surface area (Å²) in [5.74, 6) is -0.242. The number of carbonyl (C=O) groups excluding carboxylic acids is 1. The number of hydrogen-bond acceptors (Lipinski definition) is 3. The fourth-order valence-electron chi connectivity index (χ4n) is 3.22. The quantitative estimate of drug-likeness (QED) is 0.847. The number of benzene rings is 1. The lowest BCUT2D eigenvalue weighted by Crippen LogP contribution is -2.33. The Morgan fingerprint density at radius 3 is 2.96 bits per heavy atom. The first-order valence-corrected chi connectivity index (χ1v) is 8.16. The van der Waals surface area contributed by atoms with Crippen molar-refractivity contribution in [1.82, 2.24) is 9.88 Å². The third-order valence-corrected chi connectivity index (χ3v) is 4.28. The number of hydrogen-bond donors (Lipinski definition) is 0. The molecule has 1 fully saturated rings. The number of likely N-dealkylation sites (tertiary alicyclic amines) is 1. The van der Waals surface area contributed by atoms with Crippen LogP contribution in [0, 0.1) is 5.82 Å². The number of halogens is 1. The molecule has 1 amide bonds. The standard InChI is InChI=1S/C19H21FN2O2/c1-24-13-19(23)22-10-4-9-18(22)17-8-3-7-16(21-17)12-14-5-2-6-15(20)11-14/h2-3,5-8,11,18H,4,9-10,12-13H2,1H3/t18-/m1/s1. The summed E-state index contributed by atoms with van der Waals surface area (Å²) >= 11 is 0. The van der Waals surface area contributed by atoms with Gasteiger partial charge in [-0.15, -0.1) is 0 Å². The van der Waals surface area contributed by atoms with E-state index in [0.717, 1.165) is 36.3 Å². The second-order valence-electron chi connectivity index (χ2n) is 6.04. The first-order chi connectivity index (χ1) is 11.7. The van der Waals surface area contributed by atoms with Gasteiger partial charge in [0.1, 0.15) is 12.4 Å². The third-order valence-electron chi connectivity index (χ3n) is 4.28. The molecule has 1 aromatic heterocycles. The molecule has 0 N–H and O–H groups in total. The predicted molar refractivity (Wildman–Crippen MR) is 89.0 cm³/mol. The molecule has 5 heteroatoms. The van der Waals surface area contributed by atoms with Crippen LogP contribution in [-0.2, 0) is 16.0 Å². The van der Waals surface area contributed by atoms with Gasteiger partial charge in [0.15, 0.2) is 0 Å². The number of ether oxygens (including phenoxy) is 1. The van der Waals surface area contributed by atoms with Gasteiger partial charge in [0.2, 0.25) is 5.91 Å². The van der Waals surface area contributed by atoms with E-state index >= 15 is 0 Å². The number of aromatic nitrogens is 1. The number of methoxy groups -OCH3 is 1. The number of nitrogens with zero attached hydrogens (tertiary/aromatic N) is 2. The van der Waals surface area contributed by atoms with Crippen molar-refractivity contribution in [2.75, 3.05) is 20.3 Å². The minimum absolute atomic E-state index is 0.000101. The Balaban J connectivity index is 1.78. The second-order valence-corrected chi connectivity index (χ2v) is 6.04. The first-order valence-electron chi connectivity index (χ1n) is 8.16. The lowest BCUT2D eigenvalue weighted by molar-refractivity contribution is -0.136. The molecule has 2 aromatic rings. The van der Waals surface area contributed by atoms with Crippen molar-refractivity contribution < 1.29 is 13.9 Å². The molecule has 0 spiro atoms. The van der Waals surface area contributed by atoms with Gasteiger partial charge < -0.3 is 9.64 Å². The molecule has 0 radical (unpaired) electrons. The highest BCUT2D eigenvalue weighted by Crippen LogP contribution is 2.31. The average Bonchev–Trinajstić information content (AvgIpc) is 3.05. The zero-order chi connectivity index (χ0) is 16.9. The SMILES string of the molecule is COCC(=O)N1CCC[C@@H]1c1cccc(Cc2cccc(F)c2)n1. The summed E-state index contributed by atoms with van der Waals surface area (Å²) in [7, 11) is 1.53. The van der Waals surface area contributed by atoms with E-state index in [4.69, 9.17) is 9.72 Å². The molecule has 0 bridgehead atoms. The summed E-state index contributed by atoms with van der Waals surface area (Å²) in [6.45, 7) is 0.835. The fraction of sp³-hybridized carbons (Fsp3) is 0.368. The highest BCUT2D eigenvalue weighted by molar-refractivity contribution is 5.78. The van der Waals surface area contributed by atoms with Gasteiger partial charge in [-0.05, 0) is 42.7 Å². The molecule has 1 saturated heterocycles. The topological polar surface area (TPSA) is 42.4 Å². The molecule has 4 nitrogen and oxygen atoms in total. The maximum atomic E-state index is 13.3. The molecule has 1 aliphatic rings. The Hall–Kier alpha value is -2.27. The molecule has 0 aliphatic carbocycles. The molecule has 3 rings (SSSR count). The molecular formula is C19H21FN2O2. The summed E-state index contributed by atoms with van der Waals surface area (Å²) in [6.07, 6.45) is 2.45. The minimum Gasteiger partial charge on any atom is -0.375 e. The van der Waals surface area contributed by atoms with Crippen LogP contribution in [0.4, 0.5) is 4.39 Å². The normalized spacial score (nSPS) is 17.2. The lowest BCUT2D eigenvalue weighted by Gasteiger charge is -2.24. The van der Waals surface area contributed by atoms with Crippen LogP contribution in [0.25, 0.3) is 0 Å². The Morgan fingerprint density at radius 2 is 2.17 bits per heavy atom. The van der Waals surface area contributed by atoms with E-state index in [1.807, 2.05) is 29.2 Å². The van der Waals surface area contributed by atoms with Crippen LogP contribution in [0.5, 0.6) is 0 Å². The molecular weight excluding hydrogens is 307 g/mol. The van der Waals surface area contributed by atoms with E-state index in [9.17, 15) is 9.18 Å². The van der Waals surface area contributed by atoms with Crippen LogP contribution in [0.15, 0.2) is 42.5 Å². The second kappa shape index (κ2) is 7.53. The van der Waals surface area contributed by atoms with E-state index in [0.29, 0.717) is 6.42 Å². The summed E-state index contributed by atoms with van der Waals surface area (Å²) in [6, 6.07) is 12.4. The molecule has 1 aromatic carbocycles. The van der Waals surface area contributed by atoms with Gasteiger partial charge in [-0.25, -0.2) is 4.39 Å². The van der Waals surface area contributed by atoms with Gasteiger partial charge in [0, 0.05) is 25.8 Å². The van der Waals surface area contributed by atoms with Crippen LogP contribution in [-0.4, -0.2) is 36.1 Å². The van der Waals surface area contributed by atoms with Gasteiger partial charge in [-0.3, -0.25) is 9.78 Å². The smallest absolute Gasteiger partial charge is 0.249 e. The number of pyridine rings is 1. The van der Waals surface area contributed by atoms with Crippen molar-refractivity contribution in [2.24, 2.45) is 0 Å². The highest BCUT2D eigenvalue weighted by Gasteiger charge is 2.30. The molecule has 24 heavy (non-hydrogen) atoms. The van der Waals surface area contributed by atoms with Gasteiger partial charge >= 0.3 is 0 Å². The third kappa shape index (κ3) is 3.79. The van der Waals surface area contributed by atoms with Crippen molar-refractivity contribution >= 4 is 5.91 Å². The van der Waals surface area contributed by atoms with Crippen molar-refractivity contribution in [3.63, 3.8) is 0 Å². The Morgan fingerprint density at radius 1 is 1.33 bits per heavy atom. The lowest BCUT2D eigenvalue weighted by atomic mass is 10.1. The monoisotopic (exact) mass is 328 g/mol. The van der Waals surface area contributed by atoms with Gasteiger partial charge in [0.05, 0.1) is 11.7 Å². The maximum Gasteiger partial charge on any atom is 0.249 e. The average molecular weight is 328 g/mol. The van der Waals surface area contributed by atoms with Crippen molar-refractivity contribution in [3.8, 4) is 0 Å². The van der Waals surface area contributed by atoms with Gasteiger partial charge in [0.25, 0.3) is 0 Å². The largest absolute Gasteiger partial charge is 0.375 e. The summed E-state index contributed by atoms with van der Waals surface area (Å²) in [5.41, 5.74) is 2.66. The zero-order valence-corrected chi connectivity index (χ0v) is 13.7. The van der Waals surface area contributed by atoms with Crippen LogP contribution in [0.1, 0.15) is 35.8 Å². The van der Waals surface area contributed by atoms with Gasteiger partial charge in [-0.1, -0.05) is 18.2 Å². The maximum absolute atomic E-state index is 13.3. The Bertz CT molecular complexity index is 720. The fourth-order valence-corrected chi connectivity index (χ4v) is 3.22. The van der Waals surface area contributed by atoms with E-state index in [1.54, 1.807) is 6.07 Å². The summed E-state index contributed by atoms with van der Waals surface area (Å²) < 4.78 is 18.3. The van der Waals surface area contributed by atoms with Crippen LogP contribution < -0.4 is 0 Å². The molecule has 0 unspecified atom stereocenters. The number of rotatable bonds is 5. The Kier molecular flexibility index (Phi) is 5.20. The van der Waals surface area contributed by atoms with Crippen molar-refractivity contribution in [2.45, 2.75) is 25.3 Å². The molecule has 1 atom stereocenters. The zero-order valence-electron chi connectivity index (χ0n) is 13.7. The summed E-state index contributed by atoms with van der Waals surface area (Å²) in [5, 5.41) is 0. The van der Waals surface area contributed by atoms with E-state index in [-0.39, 0.29) is 24.4 Å². The van der Waals surface area contributed by atoms with E-state index < -0.39 is 0 Å². The van der Waals surface area contributed by atoms with Crippen molar-refractivity contribution in [1.29, 1.82) is 0 Å². The van der Waals surface area contributed by atoms with Crippen LogP contribution in [0.2, 0.25) is 0 Å². The van der Waals surface area contributed by atoms with Crippen LogP contribution >= 0.6 is 0 Å². The van der Waals surface area contributed by atoms with Gasteiger partial charge in [-0.2, -0.15) is 0 Å². The van der Waals surface area contributed by atoms with Crippen molar-refractivity contribution in [3.05, 3.63) is 65.2 Å². The molecule has 126 valence electrons. The summed E-state index contributed by atoms with van der Waals surface area (Å²) in [4.78, 5) is 18.7. The number of amides is 1. The predicted octanol–water partition coefficient (Wildman–Crippen LogP) is 3.12. The minimum atomic E-state index is -0.240. The first kappa shape index (κ1) is 16.6.